The fourth-order valence-corrected chi connectivity index (χ4v) is 4.66. The molecule has 0 saturated carbocycles. The number of piperidine rings is 1. The first-order valence-corrected chi connectivity index (χ1v) is 9.52. The van der Waals surface area contributed by atoms with Crippen LogP contribution in [-0.2, 0) is 10.0 Å². The molecule has 0 atom stereocenters. The Morgan fingerprint density at radius 3 is 2.62 bits per heavy atom. The lowest BCUT2D eigenvalue weighted by molar-refractivity contribution is 0.168. The molecule has 5 nitrogen and oxygen atoms in total. The van der Waals surface area contributed by atoms with Crippen LogP contribution < -0.4 is 4.72 Å². The maximum Gasteiger partial charge on any atom is 0.243 e. The molecule has 0 aliphatic carbocycles. The normalized spacial score (nSPS) is 18.3. The highest BCUT2D eigenvalue weighted by molar-refractivity contribution is 9.10. The van der Waals surface area contributed by atoms with E-state index in [0.29, 0.717) is 10.5 Å². The summed E-state index contributed by atoms with van der Waals surface area (Å²) in [6, 6.07) is 1.91. The standard InChI is InChI=1S/C13H19BrClN3O2S/c1-9(2)18-5-3-11(4-6-18)17-21(19,20)12-7-10(14)8-16-13(12)15/h7-9,11,17H,3-6H2,1-2H3. The van der Waals surface area contributed by atoms with Gasteiger partial charge in [-0.3, -0.25) is 0 Å². The van der Waals surface area contributed by atoms with Crippen LogP contribution in [0.4, 0.5) is 0 Å². The summed E-state index contributed by atoms with van der Waals surface area (Å²) in [6.07, 6.45) is 3.08. The van der Waals surface area contributed by atoms with Gasteiger partial charge in [-0.2, -0.15) is 0 Å². The summed E-state index contributed by atoms with van der Waals surface area (Å²) in [7, 11) is -3.64. The molecule has 0 radical (unpaired) electrons. The van der Waals surface area contributed by atoms with Gasteiger partial charge in [-0.1, -0.05) is 11.6 Å². The minimum Gasteiger partial charge on any atom is -0.301 e. The van der Waals surface area contributed by atoms with Gasteiger partial charge in [-0.15, -0.1) is 0 Å². The maximum atomic E-state index is 12.4. The Bertz CT molecular complexity index is 601. The van der Waals surface area contributed by atoms with Crippen LogP contribution in [0.3, 0.4) is 0 Å². The molecule has 1 fully saturated rings. The fraction of sp³-hybridized carbons (Fsp3) is 0.615. The van der Waals surface area contributed by atoms with Crippen LogP contribution in [0, 0.1) is 0 Å². The van der Waals surface area contributed by atoms with Crippen molar-refractivity contribution in [2.24, 2.45) is 0 Å². The molecule has 1 N–H and O–H groups in total. The molecule has 1 saturated heterocycles. The predicted molar refractivity (Wildman–Crippen MR) is 87.0 cm³/mol. The van der Waals surface area contributed by atoms with Crippen molar-refractivity contribution in [3.8, 4) is 0 Å². The van der Waals surface area contributed by atoms with Crippen LogP contribution in [0.2, 0.25) is 5.15 Å². The van der Waals surface area contributed by atoms with Crippen molar-refractivity contribution in [1.29, 1.82) is 0 Å². The second-order valence-electron chi connectivity index (χ2n) is 5.47. The van der Waals surface area contributed by atoms with Gasteiger partial charge in [0, 0.05) is 22.8 Å². The number of rotatable bonds is 4. The molecule has 1 aromatic heterocycles. The third-order valence-electron chi connectivity index (χ3n) is 3.64. The Kier molecular flexibility index (Phi) is 5.65. The average Bonchev–Trinajstić information content (AvgIpc) is 2.41. The van der Waals surface area contributed by atoms with Gasteiger partial charge in [0.1, 0.15) is 10.0 Å². The number of nitrogens with zero attached hydrogens (tertiary/aromatic N) is 2. The van der Waals surface area contributed by atoms with Gasteiger partial charge in [-0.25, -0.2) is 18.1 Å². The van der Waals surface area contributed by atoms with Crippen LogP contribution >= 0.6 is 27.5 Å². The first-order chi connectivity index (χ1) is 9.79. The van der Waals surface area contributed by atoms with Crippen molar-refractivity contribution in [2.45, 2.75) is 43.7 Å². The zero-order valence-electron chi connectivity index (χ0n) is 12.0. The lowest BCUT2D eigenvalue weighted by Gasteiger charge is -2.34. The number of likely N-dealkylation sites (tertiary alicyclic amines) is 1. The Balaban J connectivity index is 2.07. The summed E-state index contributed by atoms with van der Waals surface area (Å²) in [6.45, 7) is 6.10. The van der Waals surface area contributed by atoms with Crippen LogP contribution in [0.15, 0.2) is 21.6 Å². The smallest absolute Gasteiger partial charge is 0.243 e. The Labute approximate surface area is 139 Å². The SMILES string of the molecule is CC(C)N1CCC(NS(=O)(=O)c2cc(Br)cnc2Cl)CC1. The largest absolute Gasteiger partial charge is 0.301 e. The topological polar surface area (TPSA) is 62.3 Å². The van der Waals surface area contributed by atoms with Crippen molar-refractivity contribution in [1.82, 2.24) is 14.6 Å². The highest BCUT2D eigenvalue weighted by atomic mass is 79.9. The van der Waals surface area contributed by atoms with E-state index in [1.54, 1.807) is 0 Å². The third-order valence-corrected chi connectivity index (χ3v) is 6.03. The van der Waals surface area contributed by atoms with Gasteiger partial charge in [0.15, 0.2) is 0 Å². The molecule has 21 heavy (non-hydrogen) atoms. The molecule has 8 heteroatoms. The number of hydrogen-bond donors (Lipinski definition) is 1. The molecular weight excluding hydrogens is 378 g/mol. The van der Waals surface area contributed by atoms with E-state index >= 15 is 0 Å². The predicted octanol–water partition coefficient (Wildman–Crippen LogP) is 2.65. The number of sulfonamides is 1. The van der Waals surface area contributed by atoms with Crippen molar-refractivity contribution in [3.63, 3.8) is 0 Å². The van der Waals surface area contributed by atoms with E-state index < -0.39 is 10.0 Å². The minimum absolute atomic E-state index is 0.00897. The van der Waals surface area contributed by atoms with Crippen LogP contribution in [0.25, 0.3) is 0 Å². The van der Waals surface area contributed by atoms with E-state index in [9.17, 15) is 8.42 Å². The molecule has 0 amide bonds. The molecule has 2 heterocycles. The van der Waals surface area contributed by atoms with Crippen molar-refractivity contribution >= 4 is 37.6 Å². The second-order valence-corrected chi connectivity index (χ2v) is 8.42. The van der Waals surface area contributed by atoms with Crippen LogP contribution in [0.1, 0.15) is 26.7 Å². The number of hydrogen-bond acceptors (Lipinski definition) is 4. The zero-order chi connectivity index (χ0) is 15.6. The molecular formula is C13H19BrClN3O2S. The molecule has 1 aromatic rings. The summed E-state index contributed by atoms with van der Waals surface area (Å²) in [4.78, 5) is 6.23. The van der Waals surface area contributed by atoms with E-state index in [1.807, 2.05) is 0 Å². The van der Waals surface area contributed by atoms with Crippen molar-refractivity contribution in [3.05, 3.63) is 21.9 Å². The number of nitrogens with one attached hydrogen (secondary N) is 1. The molecule has 0 unspecified atom stereocenters. The van der Waals surface area contributed by atoms with Gasteiger partial charge >= 0.3 is 0 Å². The maximum absolute atomic E-state index is 12.4. The van der Waals surface area contributed by atoms with Gasteiger partial charge in [-0.05, 0) is 61.8 Å². The van der Waals surface area contributed by atoms with Gasteiger partial charge in [0.05, 0.1) is 0 Å². The fourth-order valence-electron chi connectivity index (χ4n) is 2.41. The molecule has 0 spiro atoms. The lowest BCUT2D eigenvalue weighted by Crippen LogP contribution is -2.46. The van der Waals surface area contributed by atoms with E-state index in [1.165, 1.54) is 12.3 Å². The van der Waals surface area contributed by atoms with E-state index in [2.05, 4.69) is 44.4 Å². The van der Waals surface area contributed by atoms with Crippen molar-refractivity contribution in [2.75, 3.05) is 13.1 Å². The summed E-state index contributed by atoms with van der Waals surface area (Å²) in [5.74, 6) is 0. The first-order valence-electron chi connectivity index (χ1n) is 6.87. The second kappa shape index (κ2) is 6.91. The van der Waals surface area contributed by atoms with E-state index in [0.717, 1.165) is 25.9 Å². The highest BCUT2D eigenvalue weighted by Gasteiger charge is 2.27. The number of aromatic nitrogens is 1. The molecule has 1 aliphatic rings. The number of halogens is 2. The summed E-state index contributed by atoms with van der Waals surface area (Å²) < 4.78 is 28.2. The Morgan fingerprint density at radius 1 is 1.43 bits per heavy atom. The van der Waals surface area contributed by atoms with Gasteiger partial charge in [0.25, 0.3) is 0 Å². The Morgan fingerprint density at radius 2 is 2.05 bits per heavy atom. The monoisotopic (exact) mass is 395 g/mol. The van der Waals surface area contributed by atoms with Crippen molar-refractivity contribution < 1.29 is 8.42 Å². The summed E-state index contributed by atoms with van der Waals surface area (Å²) in [5, 5.41) is -0.00897. The quantitative estimate of drug-likeness (QED) is 0.795. The first kappa shape index (κ1) is 17.1. The molecule has 2 rings (SSSR count). The zero-order valence-corrected chi connectivity index (χ0v) is 15.2. The molecule has 1 aliphatic heterocycles. The van der Waals surface area contributed by atoms with E-state index in [4.69, 9.17) is 11.6 Å². The lowest BCUT2D eigenvalue weighted by atomic mass is 10.1. The van der Waals surface area contributed by atoms with Crippen LogP contribution in [-0.4, -0.2) is 43.5 Å². The molecule has 0 aromatic carbocycles. The summed E-state index contributed by atoms with van der Waals surface area (Å²) in [5.41, 5.74) is 0. The average molecular weight is 397 g/mol. The minimum atomic E-state index is -3.64. The Hall–Kier alpha value is -0.210. The number of pyridine rings is 1. The van der Waals surface area contributed by atoms with E-state index in [-0.39, 0.29) is 16.1 Å². The third kappa shape index (κ3) is 4.39. The molecule has 118 valence electrons. The van der Waals surface area contributed by atoms with Crippen LogP contribution in [0.5, 0.6) is 0 Å². The van der Waals surface area contributed by atoms with Gasteiger partial charge < -0.3 is 4.90 Å². The van der Waals surface area contributed by atoms with Gasteiger partial charge in [0.2, 0.25) is 10.0 Å². The molecule has 0 bridgehead atoms. The highest BCUT2D eigenvalue weighted by Crippen LogP contribution is 2.24. The summed E-state index contributed by atoms with van der Waals surface area (Å²) >= 11 is 9.12.